The van der Waals surface area contributed by atoms with E-state index < -0.39 is 94.4 Å². The minimum atomic E-state index is -1.93. The minimum absolute atomic E-state index is 0.0339. The summed E-state index contributed by atoms with van der Waals surface area (Å²) in [6.07, 6.45) is -6.37. The number of carbonyl (C=O) groups is 1. The van der Waals surface area contributed by atoms with Gasteiger partial charge in [-0.1, -0.05) is 12.1 Å². The number of carbonyl (C=O) groups excluding carboxylic acids is 1. The summed E-state index contributed by atoms with van der Waals surface area (Å²) in [4.78, 5) is 24.9. The lowest BCUT2D eigenvalue weighted by atomic mass is 9.99. The SMILES string of the molecule is O=C(C=Cc1ccc(O)cc1)OC[C@H]1O[C@@H](Oc2cc(-c3oc4cc(O)cc(O)c4c(=O)c3O)cc(O)c2O)[C@H](O)[C@@H](O)[C@@H]1O. The molecular formula is C30H26O15. The molecule has 15 heteroatoms. The zero-order chi connectivity index (χ0) is 32.6. The zero-order valence-electron chi connectivity index (χ0n) is 22.8. The summed E-state index contributed by atoms with van der Waals surface area (Å²) in [6.45, 7) is -0.614. The molecule has 5 atom stereocenters. The highest BCUT2D eigenvalue weighted by atomic mass is 16.7. The van der Waals surface area contributed by atoms with Crippen LogP contribution in [0.3, 0.4) is 0 Å². The van der Waals surface area contributed by atoms with Crippen LogP contribution in [-0.2, 0) is 14.3 Å². The van der Waals surface area contributed by atoms with Gasteiger partial charge in [0.25, 0.3) is 0 Å². The van der Waals surface area contributed by atoms with Gasteiger partial charge in [0, 0.05) is 23.8 Å². The van der Waals surface area contributed by atoms with E-state index in [1.165, 1.54) is 18.2 Å². The Morgan fingerprint density at radius 3 is 2.24 bits per heavy atom. The van der Waals surface area contributed by atoms with Crippen LogP contribution in [0.1, 0.15) is 5.56 Å². The Labute approximate surface area is 251 Å². The number of phenols is 5. The van der Waals surface area contributed by atoms with Gasteiger partial charge >= 0.3 is 5.97 Å². The molecule has 2 heterocycles. The highest BCUT2D eigenvalue weighted by Crippen LogP contribution is 2.43. The fourth-order valence-electron chi connectivity index (χ4n) is 4.52. The number of esters is 1. The van der Waals surface area contributed by atoms with Crippen LogP contribution >= 0.6 is 0 Å². The van der Waals surface area contributed by atoms with E-state index in [0.717, 1.165) is 30.3 Å². The van der Waals surface area contributed by atoms with Gasteiger partial charge in [0.2, 0.25) is 23.2 Å². The number of aliphatic hydroxyl groups is 3. The molecule has 0 bridgehead atoms. The summed E-state index contributed by atoms with van der Waals surface area (Å²) in [6, 6.07) is 9.62. The summed E-state index contributed by atoms with van der Waals surface area (Å²) in [5, 5.41) is 91.3. The van der Waals surface area contributed by atoms with Gasteiger partial charge in [-0.2, -0.15) is 0 Å². The molecule has 3 aromatic carbocycles. The van der Waals surface area contributed by atoms with E-state index in [4.69, 9.17) is 18.6 Å². The number of hydrogen-bond donors (Lipinski definition) is 9. The number of benzene rings is 3. The molecule has 1 aromatic heterocycles. The molecule has 0 spiro atoms. The summed E-state index contributed by atoms with van der Waals surface area (Å²) >= 11 is 0. The van der Waals surface area contributed by atoms with Gasteiger partial charge in [-0.15, -0.1) is 0 Å². The maximum absolute atomic E-state index is 12.7. The third-order valence-electron chi connectivity index (χ3n) is 6.86. The van der Waals surface area contributed by atoms with Gasteiger partial charge in [0.15, 0.2) is 17.3 Å². The molecular weight excluding hydrogens is 600 g/mol. The number of fused-ring (bicyclic) bond motifs is 1. The molecule has 9 N–H and O–H groups in total. The Balaban J connectivity index is 1.37. The number of phenolic OH excluding ortho intramolecular Hbond substituents is 5. The third-order valence-corrected chi connectivity index (χ3v) is 6.86. The summed E-state index contributed by atoms with van der Waals surface area (Å²) in [5.74, 6) is -5.87. The average molecular weight is 627 g/mol. The molecule has 1 aliphatic rings. The van der Waals surface area contributed by atoms with E-state index in [1.54, 1.807) is 12.1 Å². The van der Waals surface area contributed by atoms with E-state index >= 15 is 0 Å². The average Bonchev–Trinajstić information content (AvgIpc) is 3.00. The first kappa shape index (κ1) is 31.0. The van der Waals surface area contributed by atoms with Crippen molar-refractivity contribution in [3.05, 3.63) is 70.4 Å². The molecule has 236 valence electrons. The highest BCUT2D eigenvalue weighted by Gasteiger charge is 2.46. The number of aromatic hydroxyl groups is 6. The Kier molecular flexibility index (Phi) is 8.43. The second kappa shape index (κ2) is 12.3. The third kappa shape index (κ3) is 6.27. The molecule has 45 heavy (non-hydrogen) atoms. The topological polar surface area (TPSA) is 257 Å². The Hall–Kier alpha value is -5.48. The first-order chi connectivity index (χ1) is 21.3. The molecule has 0 unspecified atom stereocenters. The van der Waals surface area contributed by atoms with Crippen molar-refractivity contribution in [1.82, 2.24) is 0 Å². The molecule has 0 amide bonds. The van der Waals surface area contributed by atoms with E-state index in [2.05, 4.69) is 0 Å². The van der Waals surface area contributed by atoms with Crippen LogP contribution in [0.5, 0.6) is 40.2 Å². The van der Waals surface area contributed by atoms with Crippen LogP contribution in [0, 0.1) is 0 Å². The van der Waals surface area contributed by atoms with Crippen molar-refractivity contribution < 1.29 is 69.4 Å². The van der Waals surface area contributed by atoms with E-state index in [0.29, 0.717) is 5.56 Å². The number of ether oxygens (including phenoxy) is 3. The van der Waals surface area contributed by atoms with Gasteiger partial charge < -0.3 is 64.6 Å². The maximum atomic E-state index is 12.7. The van der Waals surface area contributed by atoms with Gasteiger partial charge in [-0.3, -0.25) is 4.79 Å². The van der Waals surface area contributed by atoms with Crippen LogP contribution < -0.4 is 10.2 Å². The first-order valence-corrected chi connectivity index (χ1v) is 13.1. The van der Waals surface area contributed by atoms with Crippen molar-refractivity contribution in [3.8, 4) is 51.6 Å². The van der Waals surface area contributed by atoms with E-state index in [1.807, 2.05) is 0 Å². The Morgan fingerprint density at radius 1 is 0.822 bits per heavy atom. The molecule has 15 nitrogen and oxygen atoms in total. The van der Waals surface area contributed by atoms with Crippen LogP contribution in [-0.4, -0.2) is 89.2 Å². The largest absolute Gasteiger partial charge is 0.508 e. The van der Waals surface area contributed by atoms with Crippen molar-refractivity contribution in [2.45, 2.75) is 30.7 Å². The summed E-state index contributed by atoms with van der Waals surface area (Å²) < 4.78 is 21.6. The lowest BCUT2D eigenvalue weighted by molar-refractivity contribution is -0.278. The van der Waals surface area contributed by atoms with Gasteiger partial charge in [0.05, 0.1) is 0 Å². The second-order valence-electron chi connectivity index (χ2n) is 9.98. The van der Waals surface area contributed by atoms with E-state index in [9.17, 15) is 55.5 Å². The van der Waals surface area contributed by atoms with Crippen molar-refractivity contribution in [3.63, 3.8) is 0 Å². The van der Waals surface area contributed by atoms with Crippen LogP contribution in [0.15, 0.2) is 63.8 Å². The summed E-state index contributed by atoms with van der Waals surface area (Å²) in [7, 11) is 0. The number of rotatable bonds is 7. The molecule has 4 aromatic rings. The predicted octanol–water partition coefficient (Wildman–Crippen LogP) is 1.14. The second-order valence-corrected chi connectivity index (χ2v) is 9.98. The highest BCUT2D eigenvalue weighted by molar-refractivity contribution is 5.88. The molecule has 1 aliphatic heterocycles. The molecule has 1 fully saturated rings. The van der Waals surface area contributed by atoms with Crippen LogP contribution in [0.4, 0.5) is 0 Å². The van der Waals surface area contributed by atoms with Gasteiger partial charge in [-0.05, 0) is 35.9 Å². The zero-order valence-corrected chi connectivity index (χ0v) is 22.8. The quantitative estimate of drug-likeness (QED) is 0.0791. The monoisotopic (exact) mass is 626 g/mol. The van der Waals surface area contributed by atoms with Crippen LogP contribution in [0.25, 0.3) is 28.4 Å². The smallest absolute Gasteiger partial charge is 0.330 e. The van der Waals surface area contributed by atoms with Crippen molar-refractivity contribution in [2.24, 2.45) is 0 Å². The number of hydrogen-bond acceptors (Lipinski definition) is 15. The lowest BCUT2D eigenvalue weighted by Gasteiger charge is -2.39. The molecule has 0 radical (unpaired) electrons. The van der Waals surface area contributed by atoms with Crippen molar-refractivity contribution in [1.29, 1.82) is 0 Å². The fraction of sp³-hybridized carbons (Fsp3) is 0.200. The standard InChI is InChI=1S/C30H26O15/c31-14-4-1-12(2-5-14)3-6-21(35)42-11-20-24(37)26(39)28(41)30(45-20)44-19-8-13(7-17(34)23(19)36)29-27(40)25(38)22-16(33)9-15(32)10-18(22)43-29/h1-10,20,24,26,28,30-34,36-37,39-41H,11H2/t20-,24-,26+,28-,30-/m1/s1. The maximum Gasteiger partial charge on any atom is 0.330 e. The van der Waals surface area contributed by atoms with Gasteiger partial charge in [0.1, 0.15) is 59.2 Å². The molecule has 0 saturated carbocycles. The molecule has 1 saturated heterocycles. The van der Waals surface area contributed by atoms with Crippen molar-refractivity contribution in [2.75, 3.05) is 6.61 Å². The minimum Gasteiger partial charge on any atom is -0.508 e. The molecule has 0 aliphatic carbocycles. The summed E-state index contributed by atoms with van der Waals surface area (Å²) in [5.41, 5.74) is -1.10. The Morgan fingerprint density at radius 2 is 1.53 bits per heavy atom. The van der Waals surface area contributed by atoms with Gasteiger partial charge in [-0.25, -0.2) is 4.79 Å². The van der Waals surface area contributed by atoms with E-state index in [-0.39, 0.29) is 16.9 Å². The number of aliphatic hydroxyl groups excluding tert-OH is 3. The van der Waals surface area contributed by atoms with Crippen LogP contribution in [0.2, 0.25) is 0 Å². The normalized spacial score (nSPS) is 21.6. The lowest BCUT2D eigenvalue weighted by Crippen LogP contribution is -2.60. The fourth-order valence-corrected chi connectivity index (χ4v) is 4.52. The van der Waals surface area contributed by atoms with Crippen molar-refractivity contribution >= 4 is 23.0 Å². The Bertz CT molecular complexity index is 1830. The molecule has 5 rings (SSSR count). The predicted molar refractivity (Wildman–Crippen MR) is 152 cm³/mol. The first-order valence-electron chi connectivity index (χ1n) is 13.1.